The van der Waals surface area contributed by atoms with E-state index >= 15 is 0 Å². The van der Waals surface area contributed by atoms with Gasteiger partial charge in [0.2, 0.25) is 5.91 Å². The molecule has 0 radical (unpaired) electrons. The second-order valence-corrected chi connectivity index (χ2v) is 7.38. The van der Waals surface area contributed by atoms with E-state index in [0.717, 1.165) is 45.0 Å². The smallest absolute Gasteiger partial charge is 0.223 e. The SMILES string of the molecule is CCNC(=NCC(c1ccccc1)N1CCCC1)NCCNC(=O)C1CC1. The molecule has 148 valence electrons. The first kappa shape index (κ1) is 19.7. The van der Waals surface area contributed by atoms with Crippen LogP contribution in [0.5, 0.6) is 0 Å². The fourth-order valence-corrected chi connectivity index (χ4v) is 3.54. The van der Waals surface area contributed by atoms with Gasteiger partial charge in [-0.15, -0.1) is 0 Å². The third-order valence-electron chi connectivity index (χ3n) is 5.20. The molecule has 1 amide bonds. The van der Waals surface area contributed by atoms with Gasteiger partial charge in [0.25, 0.3) is 0 Å². The predicted molar refractivity (Wildman–Crippen MR) is 110 cm³/mol. The highest BCUT2D eigenvalue weighted by atomic mass is 16.2. The average Bonchev–Trinajstić information content (AvgIpc) is 3.42. The van der Waals surface area contributed by atoms with E-state index in [0.29, 0.717) is 19.1 Å². The quantitative estimate of drug-likeness (QED) is 0.352. The molecule has 1 aliphatic carbocycles. The van der Waals surface area contributed by atoms with Crippen LogP contribution in [0.15, 0.2) is 35.3 Å². The molecule has 1 atom stereocenters. The number of guanidine groups is 1. The van der Waals surface area contributed by atoms with Crippen molar-refractivity contribution in [2.45, 2.75) is 38.6 Å². The van der Waals surface area contributed by atoms with Gasteiger partial charge in [0.05, 0.1) is 12.6 Å². The lowest BCUT2D eigenvalue weighted by Crippen LogP contribution is -2.42. The second-order valence-electron chi connectivity index (χ2n) is 7.38. The molecular weight excluding hydrogens is 338 g/mol. The normalized spacial score (nSPS) is 18.9. The first-order valence-electron chi connectivity index (χ1n) is 10.4. The Labute approximate surface area is 162 Å². The summed E-state index contributed by atoms with van der Waals surface area (Å²) >= 11 is 0. The second kappa shape index (κ2) is 10.3. The van der Waals surface area contributed by atoms with Crippen LogP contribution in [-0.2, 0) is 4.79 Å². The Morgan fingerprint density at radius 3 is 2.48 bits per heavy atom. The van der Waals surface area contributed by atoms with E-state index in [1.165, 1.54) is 18.4 Å². The molecule has 1 aromatic rings. The summed E-state index contributed by atoms with van der Waals surface area (Å²) in [6, 6.07) is 11.0. The van der Waals surface area contributed by atoms with Gasteiger partial charge < -0.3 is 16.0 Å². The van der Waals surface area contributed by atoms with Gasteiger partial charge in [-0.3, -0.25) is 14.7 Å². The van der Waals surface area contributed by atoms with Gasteiger partial charge in [0, 0.05) is 25.6 Å². The maximum Gasteiger partial charge on any atom is 0.223 e. The molecule has 3 N–H and O–H groups in total. The summed E-state index contributed by atoms with van der Waals surface area (Å²) in [4.78, 5) is 19.1. The fourth-order valence-electron chi connectivity index (χ4n) is 3.54. The number of likely N-dealkylation sites (tertiary alicyclic amines) is 1. The summed E-state index contributed by atoms with van der Waals surface area (Å²) in [5.41, 5.74) is 1.33. The molecule has 0 aromatic heterocycles. The minimum Gasteiger partial charge on any atom is -0.357 e. The Hall–Kier alpha value is -2.08. The van der Waals surface area contributed by atoms with Gasteiger partial charge in [-0.2, -0.15) is 0 Å². The number of carbonyl (C=O) groups is 1. The van der Waals surface area contributed by atoms with E-state index in [1.807, 2.05) is 0 Å². The highest BCUT2D eigenvalue weighted by Gasteiger charge is 2.29. The van der Waals surface area contributed by atoms with E-state index in [1.54, 1.807) is 0 Å². The summed E-state index contributed by atoms with van der Waals surface area (Å²) < 4.78 is 0. The van der Waals surface area contributed by atoms with Gasteiger partial charge in [0.15, 0.2) is 5.96 Å². The Bertz CT molecular complexity index is 608. The molecule has 6 heteroatoms. The molecule has 1 saturated carbocycles. The molecule has 3 rings (SSSR count). The average molecular weight is 372 g/mol. The van der Waals surface area contributed by atoms with Crippen molar-refractivity contribution in [3.8, 4) is 0 Å². The number of benzene rings is 1. The zero-order valence-corrected chi connectivity index (χ0v) is 16.4. The highest BCUT2D eigenvalue weighted by molar-refractivity contribution is 5.81. The molecule has 1 heterocycles. The number of hydrogen-bond acceptors (Lipinski definition) is 3. The van der Waals surface area contributed by atoms with Crippen molar-refractivity contribution in [3.63, 3.8) is 0 Å². The van der Waals surface area contributed by atoms with E-state index in [-0.39, 0.29) is 11.8 Å². The molecule has 0 spiro atoms. The van der Waals surface area contributed by atoms with Crippen LogP contribution in [0.25, 0.3) is 0 Å². The number of nitrogens with one attached hydrogen (secondary N) is 3. The molecule has 0 bridgehead atoms. The molecule has 6 nitrogen and oxygen atoms in total. The largest absolute Gasteiger partial charge is 0.357 e. The number of carbonyl (C=O) groups excluding carboxylic acids is 1. The molecule has 2 fully saturated rings. The van der Waals surface area contributed by atoms with Gasteiger partial charge >= 0.3 is 0 Å². The summed E-state index contributed by atoms with van der Waals surface area (Å²) in [5.74, 6) is 1.27. The maximum absolute atomic E-state index is 11.7. The van der Waals surface area contributed by atoms with Crippen molar-refractivity contribution in [1.82, 2.24) is 20.9 Å². The Morgan fingerprint density at radius 2 is 1.81 bits per heavy atom. The van der Waals surface area contributed by atoms with E-state index in [2.05, 4.69) is 58.1 Å². The topological polar surface area (TPSA) is 68.8 Å². The maximum atomic E-state index is 11.7. The van der Waals surface area contributed by atoms with Gasteiger partial charge in [0.1, 0.15) is 0 Å². The third kappa shape index (κ3) is 6.24. The fraction of sp³-hybridized carbons (Fsp3) is 0.619. The predicted octanol–water partition coefficient (Wildman–Crippen LogP) is 1.90. The third-order valence-corrected chi connectivity index (χ3v) is 5.20. The lowest BCUT2D eigenvalue weighted by atomic mass is 10.1. The van der Waals surface area contributed by atoms with Crippen molar-refractivity contribution in [1.29, 1.82) is 0 Å². The minimum absolute atomic E-state index is 0.192. The minimum atomic E-state index is 0.192. The molecule has 2 aliphatic rings. The van der Waals surface area contributed by atoms with Crippen molar-refractivity contribution >= 4 is 11.9 Å². The standard InChI is InChI=1S/C21H33N5O/c1-2-22-21(24-13-12-23-20(27)18-10-11-18)25-16-19(26-14-6-7-15-26)17-8-4-3-5-9-17/h3-5,8-9,18-19H,2,6-7,10-16H2,1H3,(H,23,27)(H2,22,24,25). The summed E-state index contributed by atoms with van der Waals surface area (Å²) in [5, 5.41) is 9.63. The summed E-state index contributed by atoms with van der Waals surface area (Å²) in [7, 11) is 0. The van der Waals surface area contributed by atoms with Crippen LogP contribution in [0.3, 0.4) is 0 Å². The van der Waals surface area contributed by atoms with E-state index in [4.69, 9.17) is 4.99 Å². The van der Waals surface area contributed by atoms with Crippen LogP contribution in [-0.4, -0.2) is 56.0 Å². The monoisotopic (exact) mass is 371 g/mol. The lowest BCUT2D eigenvalue weighted by molar-refractivity contribution is -0.122. The Kier molecular flexibility index (Phi) is 7.51. The first-order chi connectivity index (χ1) is 13.3. The van der Waals surface area contributed by atoms with Crippen LogP contribution in [0.1, 0.15) is 44.2 Å². The van der Waals surface area contributed by atoms with Crippen LogP contribution in [0, 0.1) is 5.92 Å². The molecule has 1 aliphatic heterocycles. The van der Waals surface area contributed by atoms with Crippen molar-refractivity contribution in [3.05, 3.63) is 35.9 Å². The zero-order chi connectivity index (χ0) is 18.9. The molecular formula is C21H33N5O. The summed E-state index contributed by atoms with van der Waals surface area (Å²) in [6.45, 7) is 7.23. The Morgan fingerprint density at radius 1 is 1.11 bits per heavy atom. The van der Waals surface area contributed by atoms with E-state index < -0.39 is 0 Å². The number of aliphatic imine (C=N–C) groups is 1. The van der Waals surface area contributed by atoms with Crippen LogP contribution < -0.4 is 16.0 Å². The summed E-state index contributed by atoms with van der Waals surface area (Å²) in [6.07, 6.45) is 4.62. The van der Waals surface area contributed by atoms with Gasteiger partial charge in [-0.25, -0.2) is 0 Å². The van der Waals surface area contributed by atoms with Crippen LogP contribution in [0.2, 0.25) is 0 Å². The highest BCUT2D eigenvalue weighted by Crippen LogP contribution is 2.28. The van der Waals surface area contributed by atoms with Crippen LogP contribution in [0.4, 0.5) is 0 Å². The van der Waals surface area contributed by atoms with Crippen LogP contribution >= 0.6 is 0 Å². The number of nitrogens with zero attached hydrogens (tertiary/aromatic N) is 2. The van der Waals surface area contributed by atoms with Crippen molar-refractivity contribution < 1.29 is 4.79 Å². The molecule has 27 heavy (non-hydrogen) atoms. The van der Waals surface area contributed by atoms with Gasteiger partial charge in [-0.05, 0) is 51.3 Å². The zero-order valence-electron chi connectivity index (χ0n) is 16.4. The number of hydrogen-bond donors (Lipinski definition) is 3. The lowest BCUT2D eigenvalue weighted by Gasteiger charge is -2.27. The molecule has 1 unspecified atom stereocenters. The molecule has 1 saturated heterocycles. The Balaban J connectivity index is 1.54. The van der Waals surface area contributed by atoms with E-state index in [9.17, 15) is 4.79 Å². The van der Waals surface area contributed by atoms with Gasteiger partial charge in [-0.1, -0.05) is 30.3 Å². The molecule has 1 aromatic carbocycles. The number of rotatable bonds is 9. The first-order valence-corrected chi connectivity index (χ1v) is 10.4. The number of amides is 1. The van der Waals surface area contributed by atoms with Crippen molar-refractivity contribution in [2.24, 2.45) is 10.9 Å². The van der Waals surface area contributed by atoms with Crippen molar-refractivity contribution in [2.75, 3.05) is 39.3 Å².